The number of thioether (sulfide) groups is 1. The molecule has 3 aromatic rings. The number of hydrogen-bond acceptors (Lipinski definition) is 5. The zero-order chi connectivity index (χ0) is 20.6. The first-order chi connectivity index (χ1) is 14.1. The van der Waals surface area contributed by atoms with Gasteiger partial charge < -0.3 is 10.1 Å². The van der Waals surface area contributed by atoms with Crippen molar-refractivity contribution in [2.24, 2.45) is 0 Å². The Balaban J connectivity index is 1.80. The van der Waals surface area contributed by atoms with Crippen LogP contribution in [0.15, 0.2) is 58.5 Å². The van der Waals surface area contributed by atoms with Gasteiger partial charge in [0.25, 0.3) is 5.56 Å². The Bertz CT molecular complexity index is 1050. The lowest BCUT2D eigenvalue weighted by atomic mass is 10.1. The third kappa shape index (κ3) is 5.25. The van der Waals surface area contributed by atoms with Crippen LogP contribution in [0.4, 0.5) is 5.69 Å². The molecule has 0 radical (unpaired) electrons. The number of carbonyl (C=O) groups excluding carboxylic acids is 1. The SMILES string of the molecule is CCc1ccccc1NC(=O)CSc1nc2ccccc2c(=O)n1CCCOC. The van der Waals surface area contributed by atoms with Crippen LogP contribution in [-0.2, 0) is 22.5 Å². The minimum Gasteiger partial charge on any atom is -0.385 e. The molecule has 0 aliphatic carbocycles. The number of nitrogens with zero attached hydrogens (tertiary/aromatic N) is 2. The third-order valence-electron chi connectivity index (χ3n) is 4.56. The van der Waals surface area contributed by atoms with E-state index in [1.807, 2.05) is 42.5 Å². The molecule has 0 aliphatic heterocycles. The summed E-state index contributed by atoms with van der Waals surface area (Å²) in [6.45, 7) is 3.10. The van der Waals surface area contributed by atoms with E-state index in [0.29, 0.717) is 35.6 Å². The standard InChI is InChI=1S/C22H25N3O3S/c1-3-16-9-4-6-11-18(16)23-20(26)15-29-22-24-19-12-7-5-10-17(19)21(27)25(22)13-8-14-28-2/h4-7,9-12H,3,8,13-15H2,1-2H3,(H,23,26). The van der Waals surface area contributed by atoms with E-state index in [1.54, 1.807) is 17.7 Å². The lowest BCUT2D eigenvalue weighted by molar-refractivity contribution is -0.113. The predicted octanol–water partition coefficient (Wildman–Crippen LogP) is 3.73. The van der Waals surface area contributed by atoms with E-state index < -0.39 is 0 Å². The Morgan fingerprint density at radius 3 is 2.72 bits per heavy atom. The lowest BCUT2D eigenvalue weighted by Gasteiger charge is -2.13. The van der Waals surface area contributed by atoms with Gasteiger partial charge in [-0.25, -0.2) is 4.98 Å². The van der Waals surface area contributed by atoms with Crippen molar-refractivity contribution >= 4 is 34.3 Å². The van der Waals surface area contributed by atoms with Gasteiger partial charge in [-0.05, 0) is 36.6 Å². The highest BCUT2D eigenvalue weighted by Crippen LogP contribution is 2.20. The minimum absolute atomic E-state index is 0.0917. The van der Waals surface area contributed by atoms with Gasteiger partial charge in [-0.1, -0.05) is 49.0 Å². The van der Waals surface area contributed by atoms with Gasteiger partial charge >= 0.3 is 0 Å². The van der Waals surface area contributed by atoms with Gasteiger partial charge in [0.05, 0.1) is 16.7 Å². The molecule has 0 fully saturated rings. The van der Waals surface area contributed by atoms with Crippen LogP contribution in [0.1, 0.15) is 18.9 Å². The first kappa shape index (κ1) is 21.1. The van der Waals surface area contributed by atoms with E-state index in [0.717, 1.165) is 17.7 Å². The van der Waals surface area contributed by atoms with Crippen LogP contribution >= 0.6 is 11.8 Å². The highest BCUT2D eigenvalue weighted by molar-refractivity contribution is 7.99. The van der Waals surface area contributed by atoms with Gasteiger partial charge in [0, 0.05) is 25.9 Å². The number of para-hydroxylation sites is 2. The number of rotatable bonds is 9. The van der Waals surface area contributed by atoms with E-state index in [9.17, 15) is 9.59 Å². The molecule has 29 heavy (non-hydrogen) atoms. The largest absolute Gasteiger partial charge is 0.385 e. The number of anilines is 1. The van der Waals surface area contributed by atoms with Crippen LogP contribution in [-0.4, -0.2) is 34.9 Å². The molecule has 0 saturated heterocycles. The van der Waals surface area contributed by atoms with E-state index in [4.69, 9.17) is 4.74 Å². The third-order valence-corrected chi connectivity index (χ3v) is 5.54. The Kier molecular flexibility index (Phi) is 7.43. The number of benzene rings is 2. The summed E-state index contributed by atoms with van der Waals surface area (Å²) in [6, 6.07) is 15.0. The molecule has 0 spiro atoms. The highest BCUT2D eigenvalue weighted by atomic mass is 32.2. The number of hydrogen-bond donors (Lipinski definition) is 1. The molecule has 1 aromatic heterocycles. The average Bonchev–Trinajstić information content (AvgIpc) is 2.74. The van der Waals surface area contributed by atoms with Gasteiger partial charge in [-0.3, -0.25) is 14.2 Å². The van der Waals surface area contributed by atoms with Crippen molar-refractivity contribution in [2.45, 2.75) is 31.5 Å². The molecule has 1 amide bonds. The monoisotopic (exact) mass is 411 g/mol. The summed E-state index contributed by atoms with van der Waals surface area (Å²) in [5.41, 5.74) is 2.46. The summed E-state index contributed by atoms with van der Waals surface area (Å²) >= 11 is 1.27. The number of carbonyl (C=O) groups is 1. The molecule has 1 N–H and O–H groups in total. The number of nitrogens with one attached hydrogen (secondary N) is 1. The molecule has 0 aliphatic rings. The van der Waals surface area contributed by atoms with Gasteiger partial charge in [0.2, 0.25) is 5.91 Å². The summed E-state index contributed by atoms with van der Waals surface area (Å²) in [5, 5.41) is 4.08. The van der Waals surface area contributed by atoms with Crippen LogP contribution in [0.25, 0.3) is 10.9 Å². The summed E-state index contributed by atoms with van der Waals surface area (Å²) < 4.78 is 6.75. The maximum Gasteiger partial charge on any atom is 0.262 e. The molecular formula is C22H25N3O3S. The van der Waals surface area contributed by atoms with E-state index in [2.05, 4.69) is 17.2 Å². The van der Waals surface area contributed by atoms with Gasteiger partial charge in [-0.15, -0.1) is 0 Å². The molecule has 1 heterocycles. The second kappa shape index (κ2) is 10.2. The van der Waals surface area contributed by atoms with Crippen molar-refractivity contribution in [3.8, 4) is 0 Å². The summed E-state index contributed by atoms with van der Waals surface area (Å²) in [6.07, 6.45) is 1.54. The molecule has 152 valence electrons. The van der Waals surface area contributed by atoms with Crippen LogP contribution < -0.4 is 10.9 Å². The van der Waals surface area contributed by atoms with Crippen LogP contribution in [0, 0.1) is 0 Å². The molecule has 2 aromatic carbocycles. The summed E-state index contributed by atoms with van der Waals surface area (Å²) in [4.78, 5) is 30.1. The van der Waals surface area contributed by atoms with Crippen molar-refractivity contribution in [2.75, 3.05) is 24.8 Å². The highest BCUT2D eigenvalue weighted by Gasteiger charge is 2.14. The van der Waals surface area contributed by atoms with Gasteiger partial charge in [0.1, 0.15) is 0 Å². The maximum atomic E-state index is 12.9. The zero-order valence-electron chi connectivity index (χ0n) is 16.7. The number of ether oxygens (including phenoxy) is 1. The molecule has 0 atom stereocenters. The fourth-order valence-corrected chi connectivity index (χ4v) is 3.91. The average molecular weight is 412 g/mol. The molecule has 7 heteroatoms. The second-order valence-electron chi connectivity index (χ2n) is 6.56. The number of methoxy groups -OCH3 is 1. The first-order valence-corrected chi connectivity index (χ1v) is 10.6. The quantitative estimate of drug-likeness (QED) is 0.330. The van der Waals surface area contributed by atoms with Crippen molar-refractivity contribution in [3.63, 3.8) is 0 Å². The number of aryl methyl sites for hydroxylation is 1. The van der Waals surface area contributed by atoms with Crippen LogP contribution in [0.5, 0.6) is 0 Å². The van der Waals surface area contributed by atoms with Gasteiger partial charge in [0.15, 0.2) is 5.16 Å². The molecule has 0 unspecified atom stereocenters. The minimum atomic E-state index is -0.123. The number of aromatic nitrogens is 2. The maximum absolute atomic E-state index is 12.9. The molecule has 0 saturated carbocycles. The first-order valence-electron chi connectivity index (χ1n) is 9.63. The fourth-order valence-electron chi connectivity index (χ4n) is 3.09. The Labute approximate surface area is 174 Å². The van der Waals surface area contributed by atoms with E-state index in [1.165, 1.54) is 11.8 Å². The smallest absolute Gasteiger partial charge is 0.262 e. The van der Waals surface area contributed by atoms with Crippen molar-refractivity contribution in [1.29, 1.82) is 0 Å². The van der Waals surface area contributed by atoms with E-state index in [-0.39, 0.29) is 17.2 Å². The number of fused-ring (bicyclic) bond motifs is 1. The molecule has 0 bridgehead atoms. The molecule has 6 nitrogen and oxygen atoms in total. The lowest BCUT2D eigenvalue weighted by Crippen LogP contribution is -2.25. The topological polar surface area (TPSA) is 73.2 Å². The van der Waals surface area contributed by atoms with Crippen molar-refractivity contribution in [1.82, 2.24) is 9.55 Å². The van der Waals surface area contributed by atoms with Gasteiger partial charge in [-0.2, -0.15) is 0 Å². The molecule has 3 rings (SSSR count). The summed E-state index contributed by atoms with van der Waals surface area (Å²) in [5.74, 6) is 0.0503. The normalized spacial score (nSPS) is 11.0. The molecular weight excluding hydrogens is 386 g/mol. The van der Waals surface area contributed by atoms with Crippen molar-refractivity contribution in [3.05, 3.63) is 64.4 Å². The second-order valence-corrected chi connectivity index (χ2v) is 7.50. The Morgan fingerprint density at radius 2 is 1.93 bits per heavy atom. The Hall–Kier alpha value is -2.64. The zero-order valence-corrected chi connectivity index (χ0v) is 17.5. The number of amides is 1. The fraction of sp³-hybridized carbons (Fsp3) is 0.318. The van der Waals surface area contributed by atoms with Crippen LogP contribution in [0.2, 0.25) is 0 Å². The summed E-state index contributed by atoms with van der Waals surface area (Å²) in [7, 11) is 1.63. The Morgan fingerprint density at radius 1 is 1.17 bits per heavy atom. The predicted molar refractivity (Wildman–Crippen MR) is 118 cm³/mol. The van der Waals surface area contributed by atoms with E-state index >= 15 is 0 Å². The van der Waals surface area contributed by atoms with Crippen molar-refractivity contribution < 1.29 is 9.53 Å². The van der Waals surface area contributed by atoms with Crippen LogP contribution in [0.3, 0.4) is 0 Å².